The molecular weight excluding hydrogens is 438 g/mol. The van der Waals surface area contributed by atoms with E-state index >= 15 is 0 Å². The maximum atomic E-state index is 13.0. The fourth-order valence-corrected chi connectivity index (χ4v) is 4.69. The van der Waals surface area contributed by atoms with Gasteiger partial charge in [0, 0.05) is 12.8 Å². The van der Waals surface area contributed by atoms with E-state index in [1.165, 1.54) is 11.1 Å². The predicted molar refractivity (Wildman–Crippen MR) is 137 cm³/mol. The van der Waals surface area contributed by atoms with Crippen molar-refractivity contribution in [2.45, 2.75) is 45.6 Å². The maximum absolute atomic E-state index is 13.0. The van der Waals surface area contributed by atoms with Crippen LogP contribution in [0.2, 0.25) is 0 Å². The highest BCUT2D eigenvalue weighted by atomic mass is 16.6. The van der Waals surface area contributed by atoms with Gasteiger partial charge in [0.15, 0.2) is 11.5 Å². The Kier molecular flexibility index (Phi) is 6.70. The van der Waals surface area contributed by atoms with Crippen LogP contribution >= 0.6 is 0 Å². The second kappa shape index (κ2) is 10.2. The van der Waals surface area contributed by atoms with Crippen molar-refractivity contribution in [2.24, 2.45) is 0 Å². The summed E-state index contributed by atoms with van der Waals surface area (Å²) in [6.07, 6.45) is 2.58. The van der Waals surface area contributed by atoms with Crippen LogP contribution in [-0.4, -0.2) is 29.1 Å². The number of nitrogens with zero attached hydrogens (tertiary/aromatic N) is 1. The minimum absolute atomic E-state index is 0.00584. The van der Waals surface area contributed by atoms with Crippen LogP contribution in [0.25, 0.3) is 11.0 Å². The minimum atomic E-state index is -0.126. The minimum Gasteiger partial charge on any atom is -0.486 e. The lowest BCUT2D eigenvalue weighted by molar-refractivity contribution is -0.121. The first-order chi connectivity index (χ1) is 17.0. The van der Waals surface area contributed by atoms with E-state index in [-0.39, 0.29) is 11.9 Å². The number of carbonyl (C=O) groups is 1. The fourth-order valence-electron chi connectivity index (χ4n) is 4.69. The van der Waals surface area contributed by atoms with Crippen LogP contribution in [0.4, 0.5) is 0 Å². The van der Waals surface area contributed by atoms with Crippen molar-refractivity contribution in [3.63, 3.8) is 0 Å². The van der Waals surface area contributed by atoms with Gasteiger partial charge >= 0.3 is 0 Å². The zero-order valence-electron chi connectivity index (χ0n) is 20.3. The van der Waals surface area contributed by atoms with Crippen LogP contribution < -0.4 is 14.8 Å². The van der Waals surface area contributed by atoms with Gasteiger partial charge < -0.3 is 19.8 Å². The van der Waals surface area contributed by atoms with Crippen LogP contribution in [-0.2, 0) is 17.6 Å². The van der Waals surface area contributed by atoms with Crippen molar-refractivity contribution in [1.82, 2.24) is 15.3 Å². The molecule has 180 valence electrons. The third kappa shape index (κ3) is 5.48. The zero-order chi connectivity index (χ0) is 24.2. The summed E-state index contributed by atoms with van der Waals surface area (Å²) in [6, 6.07) is 20.4. The van der Waals surface area contributed by atoms with Crippen LogP contribution in [0.5, 0.6) is 11.5 Å². The molecule has 6 heteroatoms. The van der Waals surface area contributed by atoms with Gasteiger partial charge in [-0.3, -0.25) is 4.79 Å². The molecule has 1 aromatic heterocycles. The van der Waals surface area contributed by atoms with E-state index in [1.807, 2.05) is 36.4 Å². The highest BCUT2D eigenvalue weighted by Gasteiger charge is 2.19. The quantitative estimate of drug-likeness (QED) is 0.364. The van der Waals surface area contributed by atoms with E-state index in [0.29, 0.717) is 26.1 Å². The highest BCUT2D eigenvalue weighted by Crippen LogP contribution is 2.33. The molecule has 35 heavy (non-hydrogen) atoms. The van der Waals surface area contributed by atoms with Gasteiger partial charge in [-0.15, -0.1) is 0 Å². The molecule has 1 aliphatic heterocycles. The highest BCUT2D eigenvalue weighted by molar-refractivity contribution is 5.80. The number of aryl methyl sites for hydroxylation is 4. The number of rotatable bonds is 8. The van der Waals surface area contributed by atoms with Crippen LogP contribution in [0.3, 0.4) is 0 Å². The molecule has 0 saturated carbocycles. The Morgan fingerprint density at radius 2 is 1.80 bits per heavy atom. The largest absolute Gasteiger partial charge is 0.486 e. The van der Waals surface area contributed by atoms with Gasteiger partial charge in [0.2, 0.25) is 5.91 Å². The molecule has 0 spiro atoms. The second-order valence-corrected chi connectivity index (χ2v) is 9.21. The number of benzene rings is 3. The molecule has 1 aliphatic rings. The van der Waals surface area contributed by atoms with Crippen LogP contribution in [0.15, 0.2) is 60.7 Å². The molecule has 0 radical (unpaired) electrons. The fraction of sp³-hybridized carbons (Fsp3) is 0.310. The summed E-state index contributed by atoms with van der Waals surface area (Å²) in [4.78, 5) is 21.1. The number of hydrogen-bond acceptors (Lipinski definition) is 4. The lowest BCUT2D eigenvalue weighted by atomic mass is 9.98. The number of amides is 1. The van der Waals surface area contributed by atoms with E-state index in [9.17, 15) is 4.79 Å². The van der Waals surface area contributed by atoms with Gasteiger partial charge in [-0.25, -0.2) is 4.98 Å². The van der Waals surface area contributed by atoms with E-state index in [0.717, 1.165) is 52.3 Å². The van der Waals surface area contributed by atoms with Crippen molar-refractivity contribution in [1.29, 1.82) is 0 Å². The predicted octanol–water partition coefficient (Wildman–Crippen LogP) is 5.37. The number of fused-ring (bicyclic) bond motifs is 2. The third-order valence-electron chi connectivity index (χ3n) is 6.43. The van der Waals surface area contributed by atoms with Gasteiger partial charge in [-0.2, -0.15) is 0 Å². The molecule has 1 atom stereocenters. The zero-order valence-corrected chi connectivity index (χ0v) is 20.3. The molecule has 6 nitrogen and oxygen atoms in total. The lowest BCUT2D eigenvalue weighted by Crippen LogP contribution is -2.29. The summed E-state index contributed by atoms with van der Waals surface area (Å²) in [5.41, 5.74) is 6.61. The Morgan fingerprint density at radius 3 is 2.63 bits per heavy atom. The van der Waals surface area contributed by atoms with E-state index < -0.39 is 0 Å². The summed E-state index contributed by atoms with van der Waals surface area (Å²) in [6.45, 7) is 5.24. The van der Waals surface area contributed by atoms with E-state index in [1.54, 1.807) is 0 Å². The second-order valence-electron chi connectivity index (χ2n) is 9.21. The van der Waals surface area contributed by atoms with Crippen molar-refractivity contribution in [3.8, 4) is 11.5 Å². The third-order valence-corrected chi connectivity index (χ3v) is 6.43. The number of ether oxygens (including phenoxy) is 2. The topological polar surface area (TPSA) is 76.2 Å². The Bertz CT molecular complexity index is 1330. The molecule has 0 fully saturated rings. The standard InChI is InChI=1S/C29H31N3O3/c1-19-16-20(2)29-24(17-19)30-27(32-29)12-13-28(33)31-23(10-8-21-6-4-3-5-7-21)22-9-11-25-26(18-22)35-15-14-34-25/h3-7,9,11,16-18,23H,8,10,12-15H2,1-2H3,(H,30,32)(H,31,33). The van der Waals surface area contributed by atoms with Crippen molar-refractivity contribution >= 4 is 16.9 Å². The summed E-state index contributed by atoms with van der Waals surface area (Å²) < 4.78 is 11.5. The first-order valence-corrected chi connectivity index (χ1v) is 12.2. The monoisotopic (exact) mass is 469 g/mol. The average molecular weight is 470 g/mol. The number of H-pyrrole nitrogens is 1. The molecule has 0 saturated heterocycles. The number of aromatic nitrogens is 2. The summed E-state index contributed by atoms with van der Waals surface area (Å²) >= 11 is 0. The number of carbonyl (C=O) groups excluding carboxylic acids is 1. The molecule has 0 aliphatic carbocycles. The Morgan fingerprint density at radius 1 is 1.00 bits per heavy atom. The van der Waals surface area contributed by atoms with Gasteiger partial charge in [-0.1, -0.05) is 42.5 Å². The normalized spacial score (nSPS) is 13.5. The van der Waals surface area contributed by atoms with Crippen LogP contribution in [0, 0.1) is 13.8 Å². The van der Waals surface area contributed by atoms with Crippen molar-refractivity contribution in [2.75, 3.05) is 13.2 Å². The lowest BCUT2D eigenvalue weighted by Gasteiger charge is -2.23. The first-order valence-electron chi connectivity index (χ1n) is 12.2. The van der Waals surface area contributed by atoms with Crippen molar-refractivity contribution < 1.29 is 14.3 Å². The van der Waals surface area contributed by atoms with Gasteiger partial charge in [0.05, 0.1) is 17.1 Å². The number of aromatic amines is 1. The molecule has 1 amide bonds. The Balaban J connectivity index is 1.29. The van der Waals surface area contributed by atoms with E-state index in [4.69, 9.17) is 14.5 Å². The molecule has 0 bridgehead atoms. The number of imidazole rings is 1. The summed E-state index contributed by atoms with van der Waals surface area (Å²) in [7, 11) is 0. The Labute approximate surface area is 205 Å². The van der Waals surface area contributed by atoms with Gasteiger partial charge in [-0.05, 0) is 67.1 Å². The maximum Gasteiger partial charge on any atom is 0.220 e. The SMILES string of the molecule is Cc1cc(C)c2nc(CCC(=O)NC(CCc3ccccc3)c3ccc4c(c3)OCCO4)[nH]c2c1. The molecule has 5 rings (SSSR count). The summed E-state index contributed by atoms with van der Waals surface area (Å²) in [5.74, 6) is 2.33. The van der Waals surface area contributed by atoms with Crippen LogP contribution in [0.1, 0.15) is 47.0 Å². The molecule has 2 heterocycles. The molecule has 1 unspecified atom stereocenters. The molecule has 3 aromatic carbocycles. The molecule has 4 aromatic rings. The number of hydrogen-bond donors (Lipinski definition) is 2. The van der Waals surface area contributed by atoms with E-state index in [2.05, 4.69) is 48.4 Å². The smallest absolute Gasteiger partial charge is 0.220 e. The number of nitrogens with one attached hydrogen (secondary N) is 2. The first kappa shape index (κ1) is 23.0. The average Bonchev–Trinajstić information content (AvgIpc) is 3.29. The summed E-state index contributed by atoms with van der Waals surface area (Å²) in [5, 5.41) is 3.26. The molecule has 2 N–H and O–H groups in total. The van der Waals surface area contributed by atoms with Crippen molar-refractivity contribution in [3.05, 3.63) is 88.7 Å². The van der Waals surface area contributed by atoms with Gasteiger partial charge in [0.1, 0.15) is 19.0 Å². The van der Waals surface area contributed by atoms with Gasteiger partial charge in [0.25, 0.3) is 0 Å². The Hall–Kier alpha value is -3.80. The molecular formula is C29H31N3O3.